The molecule has 1 amide bonds. The fourth-order valence-electron chi connectivity index (χ4n) is 1.38. The van der Waals surface area contributed by atoms with Gasteiger partial charge in [0.2, 0.25) is 0 Å². The summed E-state index contributed by atoms with van der Waals surface area (Å²) in [4.78, 5) is 15.8. The number of amides is 1. The Morgan fingerprint density at radius 3 is 2.71 bits per heavy atom. The van der Waals surface area contributed by atoms with E-state index in [4.69, 9.17) is 0 Å². The third kappa shape index (κ3) is 3.78. The van der Waals surface area contributed by atoms with Gasteiger partial charge in [-0.15, -0.1) is 0 Å². The summed E-state index contributed by atoms with van der Waals surface area (Å²) >= 11 is 3.27. The standard InChI is InChI=1S/C12H17BrN2O2/c1-3-12(17,4-2)8-15-11(16)10-9(13)6-5-7-14-10/h5-7,17H,3-4,8H2,1-2H3,(H,15,16). The van der Waals surface area contributed by atoms with Gasteiger partial charge in [-0.05, 0) is 40.9 Å². The highest BCUT2D eigenvalue weighted by Crippen LogP contribution is 2.15. The van der Waals surface area contributed by atoms with Gasteiger partial charge >= 0.3 is 0 Å². The van der Waals surface area contributed by atoms with Crippen molar-refractivity contribution in [2.24, 2.45) is 0 Å². The zero-order chi connectivity index (χ0) is 12.9. The van der Waals surface area contributed by atoms with Gasteiger partial charge in [-0.2, -0.15) is 0 Å². The Hall–Kier alpha value is -0.940. The lowest BCUT2D eigenvalue weighted by atomic mass is 9.97. The summed E-state index contributed by atoms with van der Waals surface area (Å²) in [5.74, 6) is -0.280. The van der Waals surface area contributed by atoms with Crippen molar-refractivity contribution >= 4 is 21.8 Å². The molecule has 4 nitrogen and oxygen atoms in total. The highest BCUT2D eigenvalue weighted by Gasteiger charge is 2.23. The Balaban J connectivity index is 2.65. The maximum absolute atomic E-state index is 11.8. The van der Waals surface area contributed by atoms with E-state index in [1.165, 1.54) is 0 Å². The van der Waals surface area contributed by atoms with Crippen LogP contribution >= 0.6 is 15.9 Å². The van der Waals surface area contributed by atoms with Gasteiger partial charge in [0.25, 0.3) is 5.91 Å². The Labute approximate surface area is 110 Å². The number of carbonyl (C=O) groups excluding carboxylic acids is 1. The van der Waals surface area contributed by atoms with Gasteiger partial charge in [-0.3, -0.25) is 4.79 Å². The second-order valence-electron chi connectivity index (χ2n) is 3.95. The number of aliphatic hydroxyl groups is 1. The highest BCUT2D eigenvalue weighted by atomic mass is 79.9. The van der Waals surface area contributed by atoms with Gasteiger partial charge in [-0.1, -0.05) is 13.8 Å². The van der Waals surface area contributed by atoms with Gasteiger partial charge in [0, 0.05) is 17.2 Å². The molecule has 17 heavy (non-hydrogen) atoms. The zero-order valence-corrected chi connectivity index (χ0v) is 11.6. The number of hydrogen-bond acceptors (Lipinski definition) is 3. The van der Waals surface area contributed by atoms with Crippen molar-refractivity contribution in [2.75, 3.05) is 6.54 Å². The van der Waals surface area contributed by atoms with E-state index in [1.54, 1.807) is 18.3 Å². The predicted octanol–water partition coefficient (Wildman–Crippen LogP) is 2.12. The van der Waals surface area contributed by atoms with E-state index >= 15 is 0 Å². The topological polar surface area (TPSA) is 62.2 Å². The van der Waals surface area contributed by atoms with E-state index < -0.39 is 5.60 Å². The quantitative estimate of drug-likeness (QED) is 0.875. The minimum absolute atomic E-state index is 0.238. The lowest BCUT2D eigenvalue weighted by molar-refractivity contribution is 0.0313. The summed E-state index contributed by atoms with van der Waals surface area (Å²) in [6.45, 7) is 4.03. The normalized spacial score (nSPS) is 11.3. The summed E-state index contributed by atoms with van der Waals surface area (Å²) in [5.41, 5.74) is -0.501. The van der Waals surface area contributed by atoms with Crippen LogP contribution in [0.25, 0.3) is 0 Å². The fraction of sp³-hybridized carbons (Fsp3) is 0.500. The van der Waals surface area contributed by atoms with Crippen LogP contribution in [0.2, 0.25) is 0 Å². The number of pyridine rings is 1. The SMILES string of the molecule is CCC(O)(CC)CNC(=O)c1ncccc1Br. The molecule has 0 saturated heterocycles. The second-order valence-corrected chi connectivity index (χ2v) is 4.80. The average molecular weight is 301 g/mol. The minimum Gasteiger partial charge on any atom is -0.388 e. The number of halogens is 1. The van der Waals surface area contributed by atoms with Crippen LogP contribution in [0, 0.1) is 0 Å². The highest BCUT2D eigenvalue weighted by molar-refractivity contribution is 9.10. The second kappa shape index (κ2) is 6.12. The van der Waals surface area contributed by atoms with Crippen LogP contribution in [-0.2, 0) is 0 Å². The van der Waals surface area contributed by atoms with Crippen LogP contribution in [0.3, 0.4) is 0 Å². The van der Waals surface area contributed by atoms with E-state index in [-0.39, 0.29) is 12.5 Å². The van der Waals surface area contributed by atoms with E-state index in [2.05, 4.69) is 26.2 Å². The van der Waals surface area contributed by atoms with Crippen LogP contribution in [0.1, 0.15) is 37.2 Å². The molecule has 1 aromatic rings. The first-order valence-corrected chi connectivity index (χ1v) is 6.43. The molecule has 1 heterocycles. The molecule has 0 unspecified atom stereocenters. The maximum Gasteiger partial charge on any atom is 0.271 e. The van der Waals surface area contributed by atoms with Crippen molar-refractivity contribution in [3.63, 3.8) is 0 Å². The van der Waals surface area contributed by atoms with Crippen LogP contribution in [0.5, 0.6) is 0 Å². The Kier molecular flexibility index (Phi) is 5.08. The summed E-state index contributed by atoms with van der Waals surface area (Å²) in [6, 6.07) is 3.50. The zero-order valence-electron chi connectivity index (χ0n) is 10.0. The number of rotatable bonds is 5. The molecule has 0 aliphatic carbocycles. The lowest BCUT2D eigenvalue weighted by Gasteiger charge is -2.25. The number of nitrogens with zero attached hydrogens (tertiary/aromatic N) is 1. The molecule has 5 heteroatoms. The first-order valence-electron chi connectivity index (χ1n) is 5.63. The number of aromatic nitrogens is 1. The Bertz CT molecular complexity index is 392. The molecule has 1 aromatic heterocycles. The summed E-state index contributed by atoms with van der Waals surface area (Å²) < 4.78 is 0.647. The first kappa shape index (κ1) is 14.1. The molecule has 2 N–H and O–H groups in total. The molecule has 0 aliphatic rings. The van der Waals surface area contributed by atoms with Gasteiger partial charge in [0.05, 0.1) is 5.60 Å². The summed E-state index contributed by atoms with van der Waals surface area (Å²) in [5, 5.41) is 12.7. The van der Waals surface area contributed by atoms with E-state index in [9.17, 15) is 9.90 Å². The molecule has 0 bridgehead atoms. The van der Waals surface area contributed by atoms with E-state index in [0.29, 0.717) is 23.0 Å². The summed E-state index contributed by atoms with van der Waals surface area (Å²) in [7, 11) is 0. The van der Waals surface area contributed by atoms with Crippen LogP contribution in [0.15, 0.2) is 22.8 Å². The number of nitrogens with one attached hydrogen (secondary N) is 1. The molecule has 0 spiro atoms. The van der Waals surface area contributed by atoms with Crippen LogP contribution in [-0.4, -0.2) is 28.1 Å². The van der Waals surface area contributed by atoms with Gasteiger partial charge in [0.1, 0.15) is 5.69 Å². The van der Waals surface area contributed by atoms with Crippen molar-refractivity contribution in [3.8, 4) is 0 Å². The molecule has 94 valence electrons. The van der Waals surface area contributed by atoms with Crippen molar-refractivity contribution in [1.82, 2.24) is 10.3 Å². The Morgan fingerprint density at radius 1 is 1.53 bits per heavy atom. The number of hydrogen-bond donors (Lipinski definition) is 2. The monoisotopic (exact) mass is 300 g/mol. The third-order valence-electron chi connectivity index (χ3n) is 2.87. The van der Waals surface area contributed by atoms with Crippen molar-refractivity contribution < 1.29 is 9.90 Å². The number of carbonyl (C=O) groups is 1. The maximum atomic E-state index is 11.8. The third-order valence-corrected chi connectivity index (χ3v) is 3.51. The van der Waals surface area contributed by atoms with Gasteiger partial charge in [-0.25, -0.2) is 4.98 Å². The molecule has 0 atom stereocenters. The smallest absolute Gasteiger partial charge is 0.271 e. The average Bonchev–Trinajstić information content (AvgIpc) is 2.36. The molecule has 0 saturated carbocycles. The van der Waals surface area contributed by atoms with Crippen molar-refractivity contribution in [1.29, 1.82) is 0 Å². The first-order chi connectivity index (χ1) is 8.02. The lowest BCUT2D eigenvalue weighted by Crippen LogP contribution is -2.42. The molecule has 0 fully saturated rings. The molecular formula is C12H17BrN2O2. The van der Waals surface area contributed by atoms with Gasteiger partial charge in [0.15, 0.2) is 0 Å². The minimum atomic E-state index is -0.836. The van der Waals surface area contributed by atoms with E-state index in [1.807, 2.05) is 13.8 Å². The van der Waals surface area contributed by atoms with Gasteiger partial charge < -0.3 is 10.4 Å². The van der Waals surface area contributed by atoms with Crippen molar-refractivity contribution in [3.05, 3.63) is 28.5 Å². The Morgan fingerprint density at radius 2 is 2.18 bits per heavy atom. The fourth-order valence-corrected chi connectivity index (χ4v) is 1.82. The molecule has 0 aliphatic heterocycles. The predicted molar refractivity (Wildman–Crippen MR) is 69.8 cm³/mol. The van der Waals surface area contributed by atoms with E-state index in [0.717, 1.165) is 0 Å². The largest absolute Gasteiger partial charge is 0.388 e. The molecule has 0 radical (unpaired) electrons. The van der Waals surface area contributed by atoms with Crippen molar-refractivity contribution in [2.45, 2.75) is 32.3 Å². The van der Waals surface area contributed by atoms with Crippen LogP contribution in [0.4, 0.5) is 0 Å². The summed E-state index contributed by atoms with van der Waals surface area (Å²) in [6.07, 6.45) is 2.77. The molecular weight excluding hydrogens is 284 g/mol. The van der Waals surface area contributed by atoms with Crippen LogP contribution < -0.4 is 5.32 Å². The molecule has 0 aromatic carbocycles. The molecule has 1 rings (SSSR count).